The lowest BCUT2D eigenvalue weighted by Gasteiger charge is -2.38. The molecule has 0 fully saturated rings. The molecule has 1 atom stereocenters. The van der Waals surface area contributed by atoms with E-state index in [2.05, 4.69) is 0 Å². The first-order valence-electron chi connectivity index (χ1n) is 8.04. The van der Waals surface area contributed by atoms with Gasteiger partial charge in [-0.05, 0) is 32.0 Å². The summed E-state index contributed by atoms with van der Waals surface area (Å²) >= 11 is 0. The molecule has 0 aliphatic carbocycles. The van der Waals surface area contributed by atoms with Crippen molar-refractivity contribution in [3.05, 3.63) is 42.5 Å². The van der Waals surface area contributed by atoms with Gasteiger partial charge in [-0.15, -0.1) is 0 Å². The minimum absolute atomic E-state index is 0.0175. The summed E-state index contributed by atoms with van der Waals surface area (Å²) in [6, 6.07) is 10.7. The molecule has 1 aromatic rings. The molecule has 0 N–H and O–H groups in total. The van der Waals surface area contributed by atoms with Crippen LogP contribution in [0.25, 0.3) is 0 Å². The normalized spacial score (nSPS) is 14.9. The van der Waals surface area contributed by atoms with Crippen molar-refractivity contribution in [2.45, 2.75) is 59.5 Å². The van der Waals surface area contributed by atoms with Crippen LogP contribution in [-0.4, -0.2) is 26.4 Å². The largest absolute Gasteiger partial charge is 0.431 e. The second kappa shape index (κ2) is 8.43. The van der Waals surface area contributed by atoms with Crippen molar-refractivity contribution < 1.29 is 18.4 Å². The molecule has 0 saturated carbocycles. The number of benzene rings is 1. The molecule has 0 aliphatic heterocycles. The summed E-state index contributed by atoms with van der Waals surface area (Å²) in [5.74, 6) is -1.49. The van der Waals surface area contributed by atoms with Gasteiger partial charge in [0.25, 0.3) is 0 Å². The standard InChI is InChI=1S/C18H28O4Si/c1-7-12-17(19)20-18(5,6)22-23(8-2,21-15(3)4)16-13-10-9-11-14-16/h7,9-15H,8H2,1-6H3. The topological polar surface area (TPSA) is 44.8 Å². The van der Waals surface area contributed by atoms with E-state index in [1.807, 2.05) is 51.1 Å². The molecule has 0 aromatic heterocycles. The fourth-order valence-electron chi connectivity index (χ4n) is 2.41. The zero-order chi connectivity index (χ0) is 17.5. The molecule has 5 heteroatoms. The summed E-state index contributed by atoms with van der Waals surface area (Å²) in [4.78, 5) is 11.8. The molecular formula is C18H28O4Si. The number of carbonyl (C=O) groups excluding carboxylic acids is 1. The number of ether oxygens (including phenoxy) is 1. The van der Waals surface area contributed by atoms with Crippen molar-refractivity contribution in [2.24, 2.45) is 0 Å². The molecule has 1 rings (SSSR count). The average molecular weight is 337 g/mol. The third-order valence-electron chi connectivity index (χ3n) is 3.16. The Morgan fingerprint density at radius 1 is 1.26 bits per heavy atom. The molecule has 1 unspecified atom stereocenters. The first kappa shape index (κ1) is 19.6. The number of carbonyl (C=O) groups is 1. The van der Waals surface area contributed by atoms with E-state index in [-0.39, 0.29) is 6.10 Å². The Morgan fingerprint density at radius 3 is 2.35 bits per heavy atom. The van der Waals surface area contributed by atoms with E-state index in [9.17, 15) is 4.79 Å². The fraction of sp³-hybridized carbons (Fsp3) is 0.500. The van der Waals surface area contributed by atoms with Crippen LogP contribution in [0.1, 0.15) is 41.5 Å². The van der Waals surface area contributed by atoms with Crippen LogP contribution < -0.4 is 5.19 Å². The SMILES string of the molecule is CC=CC(=O)OC(C)(C)O[Si](CC)(OC(C)C)c1ccccc1. The van der Waals surface area contributed by atoms with Gasteiger partial charge in [-0.25, -0.2) is 4.79 Å². The average Bonchev–Trinajstić information content (AvgIpc) is 2.46. The zero-order valence-corrected chi connectivity index (χ0v) is 16.0. The lowest BCUT2D eigenvalue weighted by atomic mass is 10.4. The van der Waals surface area contributed by atoms with Gasteiger partial charge in [-0.3, -0.25) is 0 Å². The summed E-state index contributed by atoms with van der Waals surface area (Å²) in [5, 5.41) is 1.03. The van der Waals surface area contributed by atoms with Gasteiger partial charge in [0, 0.05) is 26.0 Å². The molecule has 0 aliphatic rings. The van der Waals surface area contributed by atoms with Crippen LogP contribution in [0.2, 0.25) is 6.04 Å². The third kappa shape index (κ3) is 5.93. The highest BCUT2D eigenvalue weighted by atomic mass is 28.4. The monoisotopic (exact) mass is 336 g/mol. The second-order valence-corrected chi connectivity index (χ2v) is 9.29. The summed E-state index contributed by atoms with van der Waals surface area (Å²) in [5.41, 5.74) is 0. The molecule has 23 heavy (non-hydrogen) atoms. The van der Waals surface area contributed by atoms with Gasteiger partial charge >= 0.3 is 14.5 Å². The number of hydrogen-bond donors (Lipinski definition) is 0. The predicted molar refractivity (Wildman–Crippen MR) is 94.6 cm³/mol. The van der Waals surface area contributed by atoms with Gasteiger partial charge in [0.1, 0.15) is 0 Å². The number of esters is 1. The molecule has 0 bridgehead atoms. The summed E-state index contributed by atoms with van der Waals surface area (Å²) in [6.45, 7) is 11.3. The molecule has 4 nitrogen and oxygen atoms in total. The Balaban J connectivity index is 3.12. The summed E-state index contributed by atoms with van der Waals surface area (Å²) in [6.07, 6.45) is 3.04. The van der Waals surface area contributed by atoms with E-state index in [0.717, 1.165) is 11.2 Å². The van der Waals surface area contributed by atoms with Crippen molar-refractivity contribution in [3.63, 3.8) is 0 Å². The van der Waals surface area contributed by atoms with Crippen molar-refractivity contribution in [1.29, 1.82) is 0 Å². The van der Waals surface area contributed by atoms with E-state index < -0.39 is 20.3 Å². The molecule has 0 heterocycles. The van der Waals surface area contributed by atoms with Crippen LogP contribution in [0.3, 0.4) is 0 Å². The highest BCUT2D eigenvalue weighted by Crippen LogP contribution is 2.25. The van der Waals surface area contributed by atoms with E-state index in [1.165, 1.54) is 6.08 Å². The molecule has 0 spiro atoms. The minimum atomic E-state index is -2.74. The molecule has 128 valence electrons. The highest BCUT2D eigenvalue weighted by molar-refractivity contribution is 6.81. The Hall–Kier alpha value is -1.43. The third-order valence-corrected chi connectivity index (χ3v) is 6.98. The van der Waals surface area contributed by atoms with Gasteiger partial charge < -0.3 is 13.6 Å². The second-order valence-electron chi connectivity index (χ2n) is 6.06. The van der Waals surface area contributed by atoms with Crippen LogP contribution in [-0.2, 0) is 18.4 Å². The number of allylic oxidation sites excluding steroid dienone is 1. The lowest BCUT2D eigenvalue weighted by Crippen LogP contribution is -2.59. The maximum Gasteiger partial charge on any atom is 0.375 e. The van der Waals surface area contributed by atoms with Gasteiger partial charge in [0.15, 0.2) is 0 Å². The van der Waals surface area contributed by atoms with E-state index in [1.54, 1.807) is 26.8 Å². The Labute approximate surface area is 140 Å². The zero-order valence-electron chi connectivity index (χ0n) is 15.0. The molecule has 0 amide bonds. The van der Waals surface area contributed by atoms with Gasteiger partial charge in [0.05, 0.1) is 0 Å². The van der Waals surface area contributed by atoms with E-state index >= 15 is 0 Å². The minimum Gasteiger partial charge on any atom is -0.431 e. The quantitative estimate of drug-likeness (QED) is 0.315. The molecular weight excluding hydrogens is 308 g/mol. The van der Waals surface area contributed by atoms with E-state index in [4.69, 9.17) is 13.6 Å². The Bertz CT molecular complexity index is 525. The van der Waals surface area contributed by atoms with Gasteiger partial charge in [0.2, 0.25) is 5.79 Å². The van der Waals surface area contributed by atoms with Crippen molar-refractivity contribution >= 4 is 19.7 Å². The summed E-state index contributed by atoms with van der Waals surface area (Å²) in [7, 11) is -2.74. The van der Waals surface area contributed by atoms with Crippen molar-refractivity contribution in [3.8, 4) is 0 Å². The smallest absolute Gasteiger partial charge is 0.375 e. The maximum atomic E-state index is 11.8. The predicted octanol–water partition coefficient (Wildman–Crippen LogP) is 3.65. The van der Waals surface area contributed by atoms with Crippen molar-refractivity contribution in [1.82, 2.24) is 0 Å². The number of hydrogen-bond acceptors (Lipinski definition) is 4. The van der Waals surface area contributed by atoms with Gasteiger partial charge in [-0.2, -0.15) is 0 Å². The fourth-order valence-corrected chi connectivity index (χ4v) is 5.73. The van der Waals surface area contributed by atoms with Crippen LogP contribution in [0.15, 0.2) is 42.5 Å². The lowest BCUT2D eigenvalue weighted by molar-refractivity contribution is -0.187. The maximum absolute atomic E-state index is 11.8. The first-order valence-corrected chi connectivity index (χ1v) is 10.1. The molecule has 0 radical (unpaired) electrons. The summed E-state index contributed by atoms with van der Waals surface area (Å²) < 4.78 is 18.0. The highest BCUT2D eigenvalue weighted by Gasteiger charge is 2.45. The van der Waals surface area contributed by atoms with E-state index in [0.29, 0.717) is 0 Å². The van der Waals surface area contributed by atoms with Crippen LogP contribution in [0.5, 0.6) is 0 Å². The molecule has 1 aromatic carbocycles. The Kier molecular flexibility index (Phi) is 7.19. The Morgan fingerprint density at radius 2 is 1.87 bits per heavy atom. The van der Waals surface area contributed by atoms with Crippen LogP contribution in [0.4, 0.5) is 0 Å². The molecule has 0 saturated heterocycles. The number of rotatable bonds is 8. The van der Waals surface area contributed by atoms with Gasteiger partial charge in [-0.1, -0.05) is 43.3 Å². The van der Waals surface area contributed by atoms with Crippen molar-refractivity contribution in [2.75, 3.05) is 0 Å². The first-order chi connectivity index (χ1) is 10.7. The van der Waals surface area contributed by atoms with Crippen LogP contribution >= 0.6 is 0 Å². The van der Waals surface area contributed by atoms with Crippen LogP contribution in [0, 0.1) is 0 Å².